The molecule has 1 amide bonds. The van der Waals surface area contributed by atoms with Crippen LogP contribution in [-0.4, -0.2) is 38.5 Å². The lowest BCUT2D eigenvalue weighted by Crippen LogP contribution is -2.36. The lowest BCUT2D eigenvalue weighted by molar-refractivity contribution is -0.121. The summed E-state index contributed by atoms with van der Waals surface area (Å²) in [5.41, 5.74) is 3.37. The van der Waals surface area contributed by atoms with E-state index in [0.29, 0.717) is 5.16 Å². The van der Waals surface area contributed by atoms with Crippen molar-refractivity contribution in [3.8, 4) is 11.4 Å². The van der Waals surface area contributed by atoms with Gasteiger partial charge in [0.1, 0.15) is 5.75 Å². The standard InChI is InChI=1S/C21H23N5O2S/c1-14(20(27)22-19-9-5-7-15-6-3-4-8-18(15)19)29-21-23-24-25-26(21)16-10-12-17(28-2)13-11-16/h3-4,6,8,10-14,19H,5,7,9H2,1-2H3,(H,22,27)/t14-,19+/m1/s1. The van der Waals surface area contributed by atoms with E-state index in [2.05, 4.69) is 39.0 Å². The van der Waals surface area contributed by atoms with Gasteiger partial charge in [-0.3, -0.25) is 4.79 Å². The van der Waals surface area contributed by atoms with Crippen LogP contribution in [0.1, 0.15) is 36.9 Å². The van der Waals surface area contributed by atoms with Crippen LogP contribution in [0, 0.1) is 0 Å². The number of methoxy groups -OCH3 is 1. The molecule has 150 valence electrons. The van der Waals surface area contributed by atoms with E-state index in [-0.39, 0.29) is 17.2 Å². The van der Waals surface area contributed by atoms with E-state index in [9.17, 15) is 4.79 Å². The molecule has 0 radical (unpaired) electrons. The third-order valence-corrected chi connectivity index (χ3v) is 6.13. The number of benzene rings is 2. The van der Waals surface area contributed by atoms with Gasteiger partial charge in [-0.05, 0) is 72.0 Å². The molecule has 0 saturated carbocycles. The summed E-state index contributed by atoms with van der Waals surface area (Å²) in [6, 6.07) is 15.9. The molecule has 2 aromatic carbocycles. The number of hydrogen-bond donors (Lipinski definition) is 1. The molecular formula is C21H23N5O2S. The van der Waals surface area contributed by atoms with Gasteiger partial charge in [-0.15, -0.1) is 5.10 Å². The van der Waals surface area contributed by atoms with Crippen LogP contribution >= 0.6 is 11.8 Å². The highest BCUT2D eigenvalue weighted by molar-refractivity contribution is 8.00. The molecular weight excluding hydrogens is 386 g/mol. The Bertz CT molecular complexity index is 989. The molecule has 0 saturated heterocycles. The van der Waals surface area contributed by atoms with Gasteiger partial charge >= 0.3 is 0 Å². The van der Waals surface area contributed by atoms with Crippen molar-refractivity contribution in [1.29, 1.82) is 0 Å². The number of tetrazole rings is 1. The third kappa shape index (κ3) is 4.27. The number of nitrogens with zero attached hydrogens (tertiary/aromatic N) is 4. The number of carbonyl (C=O) groups excluding carboxylic acids is 1. The van der Waals surface area contributed by atoms with Crippen LogP contribution in [0.4, 0.5) is 0 Å². The zero-order chi connectivity index (χ0) is 20.2. The van der Waals surface area contributed by atoms with Crippen LogP contribution in [0.3, 0.4) is 0 Å². The second-order valence-electron chi connectivity index (χ2n) is 6.98. The van der Waals surface area contributed by atoms with Crippen LogP contribution in [0.5, 0.6) is 5.75 Å². The van der Waals surface area contributed by atoms with Gasteiger partial charge < -0.3 is 10.1 Å². The number of thioether (sulfide) groups is 1. The second-order valence-corrected chi connectivity index (χ2v) is 8.29. The normalized spacial score (nSPS) is 16.7. The van der Waals surface area contributed by atoms with Gasteiger partial charge in [0.05, 0.1) is 24.1 Å². The van der Waals surface area contributed by atoms with Gasteiger partial charge in [0.2, 0.25) is 11.1 Å². The summed E-state index contributed by atoms with van der Waals surface area (Å²) in [6.45, 7) is 1.88. The van der Waals surface area contributed by atoms with Crippen molar-refractivity contribution >= 4 is 17.7 Å². The number of aryl methyl sites for hydroxylation is 1. The maximum absolute atomic E-state index is 12.9. The van der Waals surface area contributed by atoms with Crippen molar-refractivity contribution in [2.24, 2.45) is 0 Å². The molecule has 7 nitrogen and oxygen atoms in total. The van der Waals surface area contributed by atoms with E-state index in [1.807, 2.05) is 37.3 Å². The Morgan fingerprint density at radius 1 is 1.24 bits per heavy atom. The third-order valence-electron chi connectivity index (χ3n) is 5.10. The Morgan fingerprint density at radius 3 is 2.83 bits per heavy atom. The maximum atomic E-state index is 12.9. The molecule has 1 aliphatic rings. The largest absolute Gasteiger partial charge is 0.497 e. The zero-order valence-electron chi connectivity index (χ0n) is 16.4. The molecule has 1 aliphatic carbocycles. The molecule has 8 heteroatoms. The molecule has 0 spiro atoms. The number of carbonyl (C=O) groups is 1. The Labute approximate surface area is 173 Å². The SMILES string of the molecule is COc1ccc(-n2nnnc2S[C@H](C)C(=O)N[C@H]2CCCc3ccccc32)cc1. The molecule has 0 unspecified atom stereocenters. The number of nitrogens with one attached hydrogen (secondary N) is 1. The van der Waals surface area contributed by atoms with Crippen molar-refractivity contribution < 1.29 is 9.53 Å². The Balaban J connectivity index is 1.44. The van der Waals surface area contributed by atoms with Gasteiger partial charge in [0.15, 0.2) is 0 Å². The summed E-state index contributed by atoms with van der Waals surface area (Å²) in [4.78, 5) is 12.9. The minimum atomic E-state index is -0.327. The number of hydrogen-bond acceptors (Lipinski definition) is 6. The molecule has 1 heterocycles. The van der Waals surface area contributed by atoms with Gasteiger partial charge in [0.25, 0.3) is 0 Å². The number of fused-ring (bicyclic) bond motifs is 1. The Morgan fingerprint density at radius 2 is 2.03 bits per heavy atom. The van der Waals surface area contributed by atoms with Crippen molar-refractivity contribution in [3.05, 3.63) is 59.7 Å². The topological polar surface area (TPSA) is 81.9 Å². The molecule has 2 atom stereocenters. The van der Waals surface area contributed by atoms with Crippen molar-refractivity contribution in [2.75, 3.05) is 7.11 Å². The first-order valence-corrected chi connectivity index (χ1v) is 10.5. The molecule has 1 N–H and O–H groups in total. The molecule has 3 aromatic rings. The van der Waals surface area contributed by atoms with Gasteiger partial charge in [-0.2, -0.15) is 4.68 Å². The fraction of sp³-hybridized carbons (Fsp3) is 0.333. The van der Waals surface area contributed by atoms with E-state index < -0.39 is 0 Å². The Kier molecular flexibility index (Phi) is 5.80. The quantitative estimate of drug-likeness (QED) is 0.629. The number of aromatic nitrogens is 4. The van der Waals surface area contributed by atoms with Gasteiger partial charge in [0, 0.05) is 0 Å². The zero-order valence-corrected chi connectivity index (χ0v) is 17.2. The van der Waals surface area contributed by atoms with Crippen LogP contribution in [0.25, 0.3) is 5.69 Å². The summed E-state index contributed by atoms with van der Waals surface area (Å²) in [5.74, 6) is 0.748. The van der Waals surface area contributed by atoms with E-state index in [1.165, 1.54) is 22.9 Å². The lowest BCUT2D eigenvalue weighted by Gasteiger charge is -2.27. The monoisotopic (exact) mass is 409 g/mol. The summed E-state index contributed by atoms with van der Waals surface area (Å²) >= 11 is 1.34. The molecule has 0 fully saturated rings. The number of amides is 1. The smallest absolute Gasteiger partial charge is 0.233 e. The highest BCUT2D eigenvalue weighted by atomic mass is 32.2. The second kappa shape index (κ2) is 8.65. The average molecular weight is 410 g/mol. The van der Waals surface area contributed by atoms with E-state index in [4.69, 9.17) is 4.74 Å². The fourth-order valence-electron chi connectivity index (χ4n) is 3.54. The fourth-order valence-corrected chi connectivity index (χ4v) is 4.36. The first kappa shape index (κ1) is 19.4. The highest BCUT2D eigenvalue weighted by Gasteiger charge is 2.25. The van der Waals surface area contributed by atoms with E-state index >= 15 is 0 Å². The van der Waals surface area contributed by atoms with Crippen molar-refractivity contribution in [3.63, 3.8) is 0 Å². The van der Waals surface area contributed by atoms with E-state index in [1.54, 1.807) is 11.8 Å². The first-order valence-electron chi connectivity index (χ1n) is 9.63. The highest BCUT2D eigenvalue weighted by Crippen LogP contribution is 2.30. The number of rotatable bonds is 6. The first-order chi connectivity index (χ1) is 14.2. The molecule has 29 heavy (non-hydrogen) atoms. The van der Waals surface area contributed by atoms with Crippen molar-refractivity contribution in [2.45, 2.75) is 42.6 Å². The van der Waals surface area contributed by atoms with Gasteiger partial charge in [-0.1, -0.05) is 36.0 Å². The summed E-state index contributed by atoms with van der Waals surface area (Å²) < 4.78 is 6.82. The van der Waals surface area contributed by atoms with Crippen molar-refractivity contribution in [1.82, 2.24) is 25.5 Å². The predicted molar refractivity (Wildman–Crippen MR) is 111 cm³/mol. The molecule has 1 aromatic heterocycles. The maximum Gasteiger partial charge on any atom is 0.233 e. The van der Waals surface area contributed by atoms with E-state index in [0.717, 1.165) is 30.7 Å². The average Bonchev–Trinajstić information content (AvgIpc) is 3.22. The van der Waals surface area contributed by atoms with Crippen LogP contribution in [0.2, 0.25) is 0 Å². The Hall–Kier alpha value is -2.87. The van der Waals surface area contributed by atoms with Crippen LogP contribution < -0.4 is 10.1 Å². The summed E-state index contributed by atoms with van der Waals surface area (Å²) in [5, 5.41) is 15.4. The molecule has 0 bridgehead atoms. The van der Waals surface area contributed by atoms with Crippen LogP contribution in [0.15, 0.2) is 53.7 Å². The van der Waals surface area contributed by atoms with Gasteiger partial charge in [-0.25, -0.2) is 0 Å². The summed E-state index contributed by atoms with van der Waals surface area (Å²) in [7, 11) is 1.62. The number of ether oxygens (including phenoxy) is 1. The predicted octanol–water partition coefficient (Wildman–Crippen LogP) is 3.35. The summed E-state index contributed by atoms with van der Waals surface area (Å²) in [6.07, 6.45) is 3.12. The minimum absolute atomic E-state index is 0.0130. The minimum Gasteiger partial charge on any atom is -0.497 e. The van der Waals surface area contributed by atoms with Crippen LogP contribution in [-0.2, 0) is 11.2 Å². The molecule has 4 rings (SSSR count). The lowest BCUT2D eigenvalue weighted by atomic mass is 9.88. The molecule has 0 aliphatic heterocycles.